The van der Waals surface area contributed by atoms with Crippen LogP contribution in [-0.2, 0) is 19.6 Å². The van der Waals surface area contributed by atoms with Crippen molar-refractivity contribution >= 4 is 62.3 Å². The summed E-state index contributed by atoms with van der Waals surface area (Å²) in [5.74, 6) is 1.25. The summed E-state index contributed by atoms with van der Waals surface area (Å²) in [7, 11) is 1.61. The maximum Gasteiger partial charge on any atom is 0.175 e. The van der Waals surface area contributed by atoms with Crippen LogP contribution in [0.4, 0.5) is 0 Å². The molecule has 164 valence electrons. The molecule has 3 rings (SSSR count). The average molecular weight is 564 g/mol. The van der Waals surface area contributed by atoms with Gasteiger partial charge in [0.25, 0.3) is 0 Å². The Morgan fingerprint density at radius 2 is 1.52 bits per heavy atom. The summed E-state index contributed by atoms with van der Waals surface area (Å²) in [6, 6.07) is 14.8. The molecular weight excluding hydrogens is 544 g/mol. The molecule has 0 saturated carbocycles. The van der Waals surface area contributed by atoms with E-state index < -0.39 is 0 Å². The highest BCUT2D eigenvalue weighted by atomic mass is 79.9. The normalized spacial score (nSPS) is 10.9. The molecule has 0 bridgehead atoms. The first-order chi connectivity index (χ1) is 14.9. The molecule has 0 saturated heterocycles. The van der Waals surface area contributed by atoms with E-state index in [2.05, 4.69) is 21.2 Å². The van der Waals surface area contributed by atoms with Crippen LogP contribution in [0.2, 0.25) is 20.1 Å². The van der Waals surface area contributed by atoms with Crippen LogP contribution in [0, 0.1) is 0 Å². The van der Waals surface area contributed by atoms with Gasteiger partial charge < -0.3 is 14.8 Å². The summed E-state index contributed by atoms with van der Waals surface area (Å²) >= 11 is 28.0. The molecule has 3 nitrogen and oxygen atoms in total. The quantitative estimate of drug-likeness (QED) is 0.268. The second-order valence-corrected chi connectivity index (χ2v) is 9.34. The van der Waals surface area contributed by atoms with Crippen molar-refractivity contribution < 1.29 is 9.47 Å². The summed E-state index contributed by atoms with van der Waals surface area (Å²) in [4.78, 5) is 0. The third-order valence-electron chi connectivity index (χ3n) is 4.59. The van der Waals surface area contributed by atoms with Gasteiger partial charge in [-0.15, -0.1) is 0 Å². The molecule has 0 heterocycles. The van der Waals surface area contributed by atoms with E-state index in [4.69, 9.17) is 55.9 Å². The topological polar surface area (TPSA) is 30.5 Å². The second-order valence-electron chi connectivity index (χ2n) is 6.80. The molecule has 0 spiro atoms. The van der Waals surface area contributed by atoms with E-state index in [1.54, 1.807) is 25.3 Å². The van der Waals surface area contributed by atoms with E-state index in [9.17, 15) is 0 Å². The Balaban J connectivity index is 1.60. The van der Waals surface area contributed by atoms with E-state index in [1.807, 2.05) is 30.3 Å². The number of benzene rings is 3. The third kappa shape index (κ3) is 6.92. The van der Waals surface area contributed by atoms with Crippen molar-refractivity contribution in [3.8, 4) is 11.5 Å². The second kappa shape index (κ2) is 11.6. The zero-order valence-corrected chi connectivity index (χ0v) is 21.3. The molecule has 0 aliphatic carbocycles. The number of hydrogen-bond acceptors (Lipinski definition) is 3. The SMILES string of the molecule is COc1cc(CNCCc2ccc(Cl)cc2Cl)cc(Br)c1OCc1ccc(Cl)cc1Cl. The predicted molar refractivity (Wildman–Crippen MR) is 133 cm³/mol. The van der Waals surface area contributed by atoms with Crippen molar-refractivity contribution in [2.75, 3.05) is 13.7 Å². The monoisotopic (exact) mass is 561 g/mol. The van der Waals surface area contributed by atoms with Crippen LogP contribution >= 0.6 is 62.3 Å². The lowest BCUT2D eigenvalue weighted by Gasteiger charge is -2.15. The molecule has 0 atom stereocenters. The van der Waals surface area contributed by atoms with Crippen LogP contribution in [0.1, 0.15) is 16.7 Å². The lowest BCUT2D eigenvalue weighted by molar-refractivity contribution is 0.282. The van der Waals surface area contributed by atoms with Crippen LogP contribution in [0.25, 0.3) is 0 Å². The number of nitrogens with one attached hydrogen (secondary N) is 1. The summed E-state index contributed by atoms with van der Waals surface area (Å²) < 4.78 is 12.3. The van der Waals surface area contributed by atoms with Crippen molar-refractivity contribution in [3.05, 3.63) is 89.8 Å². The summed E-state index contributed by atoms with van der Waals surface area (Å²) in [5.41, 5.74) is 2.95. The Kier molecular flexibility index (Phi) is 9.20. The lowest BCUT2D eigenvalue weighted by atomic mass is 10.1. The van der Waals surface area contributed by atoms with Crippen molar-refractivity contribution in [3.63, 3.8) is 0 Å². The van der Waals surface area contributed by atoms with Crippen molar-refractivity contribution in [2.24, 2.45) is 0 Å². The first-order valence-electron chi connectivity index (χ1n) is 9.45. The number of halogens is 5. The van der Waals surface area contributed by atoms with Gasteiger partial charge in [0.15, 0.2) is 11.5 Å². The minimum Gasteiger partial charge on any atom is -0.493 e. The summed E-state index contributed by atoms with van der Waals surface area (Å²) in [5, 5.41) is 5.89. The van der Waals surface area contributed by atoms with Gasteiger partial charge in [0.05, 0.1) is 11.6 Å². The summed E-state index contributed by atoms with van der Waals surface area (Å²) in [6.07, 6.45) is 0.803. The smallest absolute Gasteiger partial charge is 0.175 e. The van der Waals surface area contributed by atoms with E-state index in [0.29, 0.717) is 44.7 Å². The molecule has 0 fully saturated rings. The molecule has 1 N–H and O–H groups in total. The Morgan fingerprint density at radius 1 is 0.871 bits per heavy atom. The molecule has 3 aromatic carbocycles. The van der Waals surface area contributed by atoms with Crippen molar-refractivity contribution in [1.82, 2.24) is 5.32 Å². The van der Waals surface area contributed by atoms with Gasteiger partial charge in [0.2, 0.25) is 0 Å². The zero-order chi connectivity index (χ0) is 22.4. The van der Waals surface area contributed by atoms with Crippen LogP contribution in [0.5, 0.6) is 11.5 Å². The van der Waals surface area contributed by atoms with E-state index in [1.165, 1.54) is 0 Å². The lowest BCUT2D eigenvalue weighted by Crippen LogP contribution is -2.17. The summed E-state index contributed by atoms with van der Waals surface area (Å²) in [6.45, 7) is 1.74. The fraction of sp³-hybridized carbons (Fsp3) is 0.217. The Morgan fingerprint density at radius 3 is 2.13 bits per heavy atom. The van der Waals surface area contributed by atoms with Crippen LogP contribution in [0.15, 0.2) is 53.0 Å². The van der Waals surface area contributed by atoms with Crippen LogP contribution < -0.4 is 14.8 Å². The fourth-order valence-corrected chi connectivity index (χ4v) is 4.55. The first-order valence-corrected chi connectivity index (χ1v) is 11.8. The number of ether oxygens (including phenoxy) is 2. The van der Waals surface area contributed by atoms with Crippen molar-refractivity contribution in [2.45, 2.75) is 19.6 Å². The minimum absolute atomic E-state index is 0.296. The van der Waals surface area contributed by atoms with Gasteiger partial charge in [-0.3, -0.25) is 0 Å². The fourth-order valence-electron chi connectivity index (χ4n) is 2.98. The van der Waals surface area contributed by atoms with Gasteiger partial charge in [0, 0.05) is 32.2 Å². The van der Waals surface area contributed by atoms with Gasteiger partial charge in [0.1, 0.15) is 6.61 Å². The van der Waals surface area contributed by atoms with Crippen LogP contribution in [-0.4, -0.2) is 13.7 Å². The number of methoxy groups -OCH3 is 1. The van der Waals surface area contributed by atoms with Gasteiger partial charge in [-0.25, -0.2) is 0 Å². The van der Waals surface area contributed by atoms with Gasteiger partial charge in [-0.2, -0.15) is 0 Å². The third-order valence-corrected chi connectivity index (χ3v) is 6.35. The molecule has 8 heteroatoms. The molecule has 31 heavy (non-hydrogen) atoms. The number of hydrogen-bond donors (Lipinski definition) is 1. The molecular formula is C23H20BrCl4NO2. The van der Waals surface area contributed by atoms with Gasteiger partial charge in [-0.05, 0) is 76.4 Å². The highest BCUT2D eigenvalue weighted by Gasteiger charge is 2.13. The number of rotatable bonds is 9. The highest BCUT2D eigenvalue weighted by Crippen LogP contribution is 2.37. The standard InChI is InChI=1S/C23H20BrCl4NO2/c1-30-22-9-14(12-29-7-6-15-2-4-17(25)10-20(15)27)8-19(24)23(22)31-13-16-3-5-18(26)11-21(16)28/h2-5,8-11,29H,6-7,12-13H2,1H3. The Bertz CT molecular complexity index is 1060. The maximum absolute atomic E-state index is 6.24. The molecule has 0 unspecified atom stereocenters. The van der Waals surface area contributed by atoms with E-state index in [0.717, 1.165) is 34.1 Å². The Labute approximate surface area is 210 Å². The largest absolute Gasteiger partial charge is 0.493 e. The Hall–Kier alpha value is -1.14. The highest BCUT2D eigenvalue weighted by molar-refractivity contribution is 9.10. The van der Waals surface area contributed by atoms with E-state index in [-0.39, 0.29) is 0 Å². The average Bonchev–Trinajstić information content (AvgIpc) is 2.72. The van der Waals surface area contributed by atoms with Gasteiger partial charge >= 0.3 is 0 Å². The van der Waals surface area contributed by atoms with Crippen LogP contribution in [0.3, 0.4) is 0 Å². The first kappa shape index (κ1) is 24.5. The molecule has 0 amide bonds. The zero-order valence-electron chi connectivity index (χ0n) is 16.7. The molecule has 0 aliphatic heterocycles. The van der Waals surface area contributed by atoms with E-state index >= 15 is 0 Å². The van der Waals surface area contributed by atoms with Gasteiger partial charge in [-0.1, -0.05) is 58.5 Å². The predicted octanol–water partition coefficient (Wildman–Crippen LogP) is 7.98. The molecule has 0 aliphatic rings. The molecule has 0 aromatic heterocycles. The molecule has 0 radical (unpaired) electrons. The minimum atomic E-state index is 0.296. The van der Waals surface area contributed by atoms with Crippen molar-refractivity contribution in [1.29, 1.82) is 0 Å². The molecule has 3 aromatic rings. The maximum atomic E-state index is 6.24.